The van der Waals surface area contributed by atoms with Gasteiger partial charge < -0.3 is 14.0 Å². The number of aryl methyl sites for hydroxylation is 1. The van der Waals surface area contributed by atoms with Gasteiger partial charge in [-0.25, -0.2) is 0 Å². The fraction of sp³-hybridized carbons (Fsp3) is 0.581. The predicted molar refractivity (Wildman–Crippen MR) is 146 cm³/mol. The quantitative estimate of drug-likeness (QED) is 0.119. The van der Waals surface area contributed by atoms with Gasteiger partial charge in [-0.15, -0.1) is 0 Å². The smallest absolute Gasteiger partial charge is 0.305 e. The summed E-state index contributed by atoms with van der Waals surface area (Å²) < 4.78 is 12.0. The molecule has 0 saturated carbocycles. The van der Waals surface area contributed by atoms with Crippen LogP contribution < -0.4 is 4.74 Å². The number of benzene rings is 2. The minimum absolute atomic E-state index is 0.132. The van der Waals surface area contributed by atoms with Crippen molar-refractivity contribution in [1.82, 2.24) is 0 Å². The van der Waals surface area contributed by atoms with Crippen LogP contribution in [-0.2, 0) is 22.5 Å². The molecule has 0 unspecified atom stereocenters. The van der Waals surface area contributed by atoms with E-state index in [1.165, 1.54) is 56.1 Å². The SMILES string of the molecule is CCCCCCCCCc1ccc(OCCOC(=O)CCCC[N+](C)(C)Cc2ccccc2)cc1. The summed E-state index contributed by atoms with van der Waals surface area (Å²) in [5, 5.41) is 0. The van der Waals surface area contributed by atoms with Crippen molar-refractivity contribution >= 4 is 5.97 Å². The van der Waals surface area contributed by atoms with Crippen molar-refractivity contribution in [2.24, 2.45) is 0 Å². The number of hydrogen-bond donors (Lipinski definition) is 0. The fourth-order valence-electron chi connectivity index (χ4n) is 4.39. The van der Waals surface area contributed by atoms with E-state index in [2.05, 4.69) is 63.5 Å². The zero-order chi connectivity index (χ0) is 25.2. The highest BCUT2D eigenvalue weighted by molar-refractivity contribution is 5.69. The van der Waals surface area contributed by atoms with Gasteiger partial charge in [-0.3, -0.25) is 4.79 Å². The molecule has 4 heteroatoms. The van der Waals surface area contributed by atoms with Crippen LogP contribution in [0.2, 0.25) is 0 Å². The molecule has 0 N–H and O–H groups in total. The van der Waals surface area contributed by atoms with Crippen molar-refractivity contribution in [3.05, 3.63) is 65.7 Å². The lowest BCUT2D eigenvalue weighted by molar-refractivity contribution is -0.903. The maximum absolute atomic E-state index is 12.0. The first-order valence-corrected chi connectivity index (χ1v) is 13.7. The molecule has 194 valence electrons. The van der Waals surface area contributed by atoms with Gasteiger partial charge in [-0.2, -0.15) is 0 Å². The Kier molecular flexibility index (Phi) is 14.2. The molecular formula is C31H48NO3+. The minimum atomic E-state index is -0.132. The second-order valence-corrected chi connectivity index (χ2v) is 10.3. The van der Waals surface area contributed by atoms with Crippen molar-refractivity contribution in [3.8, 4) is 5.75 Å². The molecule has 0 aliphatic heterocycles. The molecule has 0 atom stereocenters. The molecule has 0 amide bonds. The Morgan fingerprint density at radius 2 is 1.43 bits per heavy atom. The van der Waals surface area contributed by atoms with E-state index >= 15 is 0 Å². The molecule has 0 spiro atoms. The van der Waals surface area contributed by atoms with Gasteiger partial charge >= 0.3 is 5.97 Å². The van der Waals surface area contributed by atoms with E-state index in [0.717, 1.165) is 42.6 Å². The second-order valence-electron chi connectivity index (χ2n) is 10.3. The Morgan fingerprint density at radius 3 is 2.14 bits per heavy atom. The molecule has 2 aromatic carbocycles. The average Bonchev–Trinajstić information content (AvgIpc) is 2.85. The number of unbranched alkanes of at least 4 members (excludes halogenated alkanes) is 7. The van der Waals surface area contributed by atoms with Crippen LogP contribution in [0.4, 0.5) is 0 Å². The lowest BCUT2D eigenvalue weighted by atomic mass is 10.0. The van der Waals surface area contributed by atoms with E-state index in [4.69, 9.17) is 9.47 Å². The molecule has 0 bridgehead atoms. The Morgan fingerprint density at radius 1 is 0.743 bits per heavy atom. The average molecular weight is 483 g/mol. The summed E-state index contributed by atoms with van der Waals surface area (Å²) in [7, 11) is 4.48. The highest BCUT2D eigenvalue weighted by Gasteiger charge is 2.15. The number of rotatable bonds is 19. The van der Waals surface area contributed by atoms with Gasteiger partial charge in [0.05, 0.1) is 20.6 Å². The van der Waals surface area contributed by atoms with Crippen molar-refractivity contribution in [3.63, 3.8) is 0 Å². The highest BCUT2D eigenvalue weighted by Crippen LogP contribution is 2.16. The maximum Gasteiger partial charge on any atom is 0.305 e. The van der Waals surface area contributed by atoms with Crippen LogP contribution in [0.25, 0.3) is 0 Å². The van der Waals surface area contributed by atoms with Crippen molar-refractivity contribution in [2.45, 2.75) is 84.1 Å². The van der Waals surface area contributed by atoms with Gasteiger partial charge in [0.15, 0.2) is 0 Å². The third-order valence-electron chi connectivity index (χ3n) is 6.46. The van der Waals surface area contributed by atoms with Crippen LogP contribution in [0.15, 0.2) is 54.6 Å². The molecule has 35 heavy (non-hydrogen) atoms. The summed E-state index contributed by atoms with van der Waals surface area (Å²) in [5.74, 6) is 0.704. The Hall–Kier alpha value is -2.33. The summed E-state index contributed by atoms with van der Waals surface area (Å²) in [6, 6.07) is 18.9. The van der Waals surface area contributed by atoms with E-state index in [1.807, 2.05) is 12.1 Å². The van der Waals surface area contributed by atoms with Gasteiger partial charge in [-0.05, 0) is 43.4 Å². The molecule has 0 saturated heterocycles. The number of nitrogens with zero attached hydrogens (tertiary/aromatic N) is 1. The van der Waals surface area contributed by atoms with Crippen LogP contribution in [0.3, 0.4) is 0 Å². The second kappa shape index (κ2) is 17.2. The number of quaternary nitrogens is 1. The van der Waals surface area contributed by atoms with Gasteiger partial charge in [0.25, 0.3) is 0 Å². The summed E-state index contributed by atoms with van der Waals surface area (Å²) in [6.45, 7) is 5.00. The number of hydrogen-bond acceptors (Lipinski definition) is 3. The summed E-state index contributed by atoms with van der Waals surface area (Å²) >= 11 is 0. The van der Waals surface area contributed by atoms with E-state index in [0.29, 0.717) is 19.6 Å². The first kappa shape index (κ1) is 28.9. The molecular weight excluding hydrogens is 434 g/mol. The minimum Gasteiger partial charge on any atom is -0.490 e. The molecule has 4 nitrogen and oxygen atoms in total. The number of carbonyl (C=O) groups excluding carboxylic acids is 1. The highest BCUT2D eigenvalue weighted by atomic mass is 16.6. The van der Waals surface area contributed by atoms with Crippen LogP contribution in [0, 0.1) is 0 Å². The third kappa shape index (κ3) is 14.0. The van der Waals surface area contributed by atoms with Crippen molar-refractivity contribution in [1.29, 1.82) is 0 Å². The molecule has 0 radical (unpaired) electrons. The molecule has 0 aliphatic rings. The van der Waals surface area contributed by atoms with Crippen LogP contribution >= 0.6 is 0 Å². The summed E-state index contributed by atoms with van der Waals surface area (Å²) in [6.07, 6.45) is 12.8. The number of ether oxygens (including phenoxy) is 2. The Bertz CT molecular complexity index is 802. The zero-order valence-electron chi connectivity index (χ0n) is 22.5. The molecule has 2 rings (SSSR count). The third-order valence-corrected chi connectivity index (χ3v) is 6.46. The zero-order valence-corrected chi connectivity index (χ0v) is 22.5. The molecule has 0 aliphatic carbocycles. The van der Waals surface area contributed by atoms with Gasteiger partial charge in [0.1, 0.15) is 25.5 Å². The first-order valence-electron chi connectivity index (χ1n) is 13.7. The van der Waals surface area contributed by atoms with Crippen LogP contribution in [-0.4, -0.2) is 44.3 Å². The number of esters is 1. The largest absolute Gasteiger partial charge is 0.490 e. The number of carbonyl (C=O) groups is 1. The van der Waals surface area contributed by atoms with Crippen LogP contribution in [0.5, 0.6) is 5.75 Å². The maximum atomic E-state index is 12.0. The topological polar surface area (TPSA) is 35.5 Å². The van der Waals surface area contributed by atoms with E-state index in [1.54, 1.807) is 0 Å². The molecule has 0 heterocycles. The van der Waals surface area contributed by atoms with Gasteiger partial charge in [0, 0.05) is 12.0 Å². The van der Waals surface area contributed by atoms with E-state index < -0.39 is 0 Å². The monoisotopic (exact) mass is 482 g/mol. The van der Waals surface area contributed by atoms with E-state index in [-0.39, 0.29) is 5.97 Å². The molecule has 0 fully saturated rings. The standard InChI is InChI=1S/C31H48NO3/c1-4-5-6-7-8-9-11-16-28-20-22-30(23-21-28)34-25-26-35-31(33)19-14-15-24-32(2,3)27-29-17-12-10-13-18-29/h10,12-13,17-18,20-23H,4-9,11,14-16,19,24-27H2,1-3H3/q+1. The fourth-order valence-corrected chi connectivity index (χ4v) is 4.39. The van der Waals surface area contributed by atoms with Crippen LogP contribution in [0.1, 0.15) is 82.3 Å². The Balaban J connectivity index is 1.49. The predicted octanol–water partition coefficient (Wildman–Crippen LogP) is 7.35. The Labute approximate surface area is 214 Å². The molecule has 2 aromatic rings. The van der Waals surface area contributed by atoms with Gasteiger partial charge in [-0.1, -0.05) is 87.9 Å². The van der Waals surface area contributed by atoms with E-state index in [9.17, 15) is 4.79 Å². The first-order chi connectivity index (χ1) is 17.0. The normalized spacial score (nSPS) is 11.4. The molecule has 0 aromatic heterocycles. The lowest BCUT2D eigenvalue weighted by Gasteiger charge is -2.30. The lowest BCUT2D eigenvalue weighted by Crippen LogP contribution is -2.39. The van der Waals surface area contributed by atoms with Crippen molar-refractivity contribution in [2.75, 3.05) is 33.9 Å². The summed E-state index contributed by atoms with van der Waals surface area (Å²) in [4.78, 5) is 12.0. The van der Waals surface area contributed by atoms with Crippen molar-refractivity contribution < 1.29 is 18.8 Å². The van der Waals surface area contributed by atoms with Gasteiger partial charge in [0.2, 0.25) is 0 Å². The summed E-state index contributed by atoms with van der Waals surface area (Å²) in [5.41, 5.74) is 2.71.